The second-order valence-electron chi connectivity index (χ2n) is 5.78. The number of ether oxygens (including phenoxy) is 1. The predicted molar refractivity (Wildman–Crippen MR) is 99.3 cm³/mol. The molecule has 0 bridgehead atoms. The molecule has 0 saturated heterocycles. The average Bonchev–Trinajstić information content (AvgIpc) is 2.61. The van der Waals surface area contributed by atoms with E-state index in [1.807, 2.05) is 37.3 Å². The van der Waals surface area contributed by atoms with E-state index in [-0.39, 0.29) is 11.7 Å². The van der Waals surface area contributed by atoms with Crippen LogP contribution in [0.25, 0.3) is 22.4 Å². The molecular weight excluding hydrogens is 314 g/mol. The quantitative estimate of drug-likeness (QED) is 0.688. The molecule has 0 fully saturated rings. The third-order valence-electron chi connectivity index (χ3n) is 3.60. The molecule has 0 saturated carbocycles. The highest BCUT2D eigenvalue weighted by Crippen LogP contribution is 2.37. The largest absolute Gasteiger partial charge is 0.507 e. The molecule has 25 heavy (non-hydrogen) atoms. The minimum absolute atomic E-state index is 0.0643. The summed E-state index contributed by atoms with van der Waals surface area (Å²) >= 11 is 0. The molecule has 1 aromatic heterocycles. The maximum absolute atomic E-state index is 10.5. The summed E-state index contributed by atoms with van der Waals surface area (Å²) in [6.45, 7) is 6.07. The van der Waals surface area contributed by atoms with Gasteiger partial charge in [0.2, 0.25) is 5.95 Å². The zero-order valence-corrected chi connectivity index (χ0v) is 13.9. The molecule has 0 aliphatic heterocycles. The van der Waals surface area contributed by atoms with Crippen molar-refractivity contribution in [3.8, 4) is 33.9 Å². The first-order valence-corrected chi connectivity index (χ1v) is 7.83. The fourth-order valence-corrected chi connectivity index (χ4v) is 2.44. The Hall–Kier alpha value is -3.34. The highest BCUT2D eigenvalue weighted by molar-refractivity contribution is 5.83. The van der Waals surface area contributed by atoms with Gasteiger partial charge in [-0.2, -0.15) is 0 Å². The van der Waals surface area contributed by atoms with E-state index in [1.165, 1.54) is 0 Å². The Kier molecular flexibility index (Phi) is 4.66. The van der Waals surface area contributed by atoms with E-state index in [0.29, 0.717) is 23.6 Å². The Morgan fingerprint density at radius 2 is 1.92 bits per heavy atom. The fraction of sp³-hybridized carbons (Fsp3) is 0.100. The number of rotatable bonds is 5. The van der Waals surface area contributed by atoms with E-state index in [2.05, 4.69) is 16.5 Å². The number of benzene rings is 2. The summed E-state index contributed by atoms with van der Waals surface area (Å²) in [4.78, 5) is 8.42. The van der Waals surface area contributed by atoms with E-state index in [0.717, 1.165) is 16.7 Å². The van der Waals surface area contributed by atoms with Gasteiger partial charge in [0.15, 0.2) is 0 Å². The first-order chi connectivity index (χ1) is 12.0. The number of aromatic hydroxyl groups is 1. The molecule has 5 nitrogen and oxygen atoms in total. The standard InChI is InChI=1S/C20H19N3O2/c1-13(2)12-25-15-8-9-16(18(24)10-15)19-17(11-22-20(21)23-19)14-6-4-3-5-7-14/h3-11,24H,1,12H2,2H3,(H2,21,22,23). The fourth-order valence-electron chi connectivity index (χ4n) is 2.44. The van der Waals surface area contributed by atoms with E-state index < -0.39 is 0 Å². The molecule has 0 spiro atoms. The van der Waals surface area contributed by atoms with Crippen LogP contribution in [-0.2, 0) is 0 Å². The van der Waals surface area contributed by atoms with Crippen molar-refractivity contribution in [2.75, 3.05) is 12.3 Å². The molecule has 3 rings (SSSR count). The van der Waals surface area contributed by atoms with Gasteiger partial charge in [-0.3, -0.25) is 0 Å². The van der Waals surface area contributed by atoms with Crippen LogP contribution in [0.1, 0.15) is 6.92 Å². The number of phenols is 1. The van der Waals surface area contributed by atoms with E-state index in [4.69, 9.17) is 10.5 Å². The van der Waals surface area contributed by atoms with Crippen LogP contribution in [0.4, 0.5) is 5.95 Å². The smallest absolute Gasteiger partial charge is 0.220 e. The summed E-state index contributed by atoms with van der Waals surface area (Å²) in [6.07, 6.45) is 1.66. The average molecular weight is 333 g/mol. The van der Waals surface area contributed by atoms with Gasteiger partial charge < -0.3 is 15.6 Å². The third kappa shape index (κ3) is 3.77. The summed E-state index contributed by atoms with van der Waals surface area (Å²) in [5, 5.41) is 10.5. The Labute approximate surface area is 146 Å². The molecule has 3 aromatic rings. The van der Waals surface area contributed by atoms with Gasteiger partial charge in [-0.15, -0.1) is 0 Å². The van der Waals surface area contributed by atoms with Crippen molar-refractivity contribution in [3.63, 3.8) is 0 Å². The van der Waals surface area contributed by atoms with E-state index in [9.17, 15) is 5.11 Å². The number of hydrogen-bond donors (Lipinski definition) is 2. The zero-order chi connectivity index (χ0) is 17.8. The van der Waals surface area contributed by atoms with Crippen LogP contribution in [0, 0.1) is 0 Å². The van der Waals surface area contributed by atoms with Crippen LogP contribution in [0.2, 0.25) is 0 Å². The van der Waals surface area contributed by atoms with Gasteiger partial charge in [0, 0.05) is 23.4 Å². The number of phenolic OH excluding ortho intramolecular Hbond substituents is 1. The maximum atomic E-state index is 10.5. The van der Waals surface area contributed by atoms with Gasteiger partial charge in [-0.05, 0) is 30.2 Å². The number of nitrogens with zero attached hydrogens (tertiary/aromatic N) is 2. The van der Waals surface area contributed by atoms with Gasteiger partial charge in [0.05, 0.1) is 5.69 Å². The van der Waals surface area contributed by atoms with Gasteiger partial charge >= 0.3 is 0 Å². The highest BCUT2D eigenvalue weighted by atomic mass is 16.5. The monoisotopic (exact) mass is 333 g/mol. The van der Waals surface area contributed by atoms with Gasteiger partial charge in [0.1, 0.15) is 18.1 Å². The molecule has 1 heterocycles. The van der Waals surface area contributed by atoms with Crippen LogP contribution in [-0.4, -0.2) is 21.7 Å². The normalized spacial score (nSPS) is 10.4. The molecule has 0 aliphatic carbocycles. The van der Waals surface area contributed by atoms with Crippen LogP contribution in [0.3, 0.4) is 0 Å². The first-order valence-electron chi connectivity index (χ1n) is 7.83. The van der Waals surface area contributed by atoms with Crippen LogP contribution >= 0.6 is 0 Å². The minimum atomic E-state index is 0.0643. The first kappa shape index (κ1) is 16.5. The lowest BCUT2D eigenvalue weighted by molar-refractivity contribution is 0.350. The Balaban J connectivity index is 2.04. The predicted octanol–water partition coefficient (Wildman–Crippen LogP) is 4.05. The SMILES string of the molecule is C=C(C)COc1ccc(-c2nc(N)ncc2-c2ccccc2)c(O)c1. The van der Waals surface area contributed by atoms with Crippen molar-refractivity contribution in [1.29, 1.82) is 0 Å². The number of nitrogens with two attached hydrogens (primary N) is 1. The summed E-state index contributed by atoms with van der Waals surface area (Å²) in [5.74, 6) is 0.777. The van der Waals surface area contributed by atoms with Gasteiger partial charge in [-0.1, -0.05) is 36.9 Å². The molecule has 2 aromatic carbocycles. The summed E-state index contributed by atoms with van der Waals surface area (Å²) < 4.78 is 5.56. The van der Waals surface area contributed by atoms with E-state index >= 15 is 0 Å². The molecule has 0 radical (unpaired) electrons. The molecule has 0 atom stereocenters. The summed E-state index contributed by atoms with van der Waals surface area (Å²) in [5.41, 5.74) is 9.54. The number of nitrogen functional groups attached to an aromatic ring is 1. The third-order valence-corrected chi connectivity index (χ3v) is 3.60. The molecule has 0 unspecified atom stereocenters. The van der Waals surface area contributed by atoms with Crippen molar-refractivity contribution >= 4 is 5.95 Å². The van der Waals surface area contributed by atoms with Crippen LogP contribution in [0.15, 0.2) is 66.9 Å². The second kappa shape index (κ2) is 7.05. The lowest BCUT2D eigenvalue weighted by atomic mass is 10.00. The minimum Gasteiger partial charge on any atom is -0.507 e. The zero-order valence-electron chi connectivity index (χ0n) is 13.9. The summed E-state index contributed by atoms with van der Waals surface area (Å²) in [6, 6.07) is 14.8. The highest BCUT2D eigenvalue weighted by Gasteiger charge is 2.15. The number of aromatic nitrogens is 2. The topological polar surface area (TPSA) is 81.3 Å². The van der Waals surface area contributed by atoms with Gasteiger partial charge in [-0.25, -0.2) is 9.97 Å². The number of hydrogen-bond acceptors (Lipinski definition) is 5. The van der Waals surface area contributed by atoms with Crippen molar-refractivity contribution in [3.05, 3.63) is 66.9 Å². The molecule has 3 N–H and O–H groups in total. The van der Waals surface area contributed by atoms with Crippen molar-refractivity contribution in [2.24, 2.45) is 0 Å². The van der Waals surface area contributed by atoms with E-state index in [1.54, 1.807) is 24.4 Å². The Morgan fingerprint density at radius 1 is 1.16 bits per heavy atom. The molecule has 126 valence electrons. The maximum Gasteiger partial charge on any atom is 0.220 e. The molecule has 5 heteroatoms. The molecule has 0 amide bonds. The van der Waals surface area contributed by atoms with Crippen molar-refractivity contribution in [1.82, 2.24) is 9.97 Å². The second-order valence-corrected chi connectivity index (χ2v) is 5.78. The Bertz CT molecular complexity index is 908. The van der Waals surface area contributed by atoms with Gasteiger partial charge in [0.25, 0.3) is 0 Å². The van der Waals surface area contributed by atoms with Crippen molar-refractivity contribution in [2.45, 2.75) is 6.92 Å². The van der Waals surface area contributed by atoms with Crippen LogP contribution < -0.4 is 10.5 Å². The Morgan fingerprint density at radius 3 is 2.60 bits per heavy atom. The lowest BCUT2D eigenvalue weighted by Crippen LogP contribution is -2.00. The van der Waals surface area contributed by atoms with Crippen molar-refractivity contribution < 1.29 is 9.84 Å². The number of anilines is 1. The molecule has 0 aliphatic rings. The summed E-state index contributed by atoms with van der Waals surface area (Å²) in [7, 11) is 0. The van der Waals surface area contributed by atoms with Crippen LogP contribution in [0.5, 0.6) is 11.5 Å². The molecular formula is C20H19N3O2. The lowest BCUT2D eigenvalue weighted by Gasteiger charge is -2.12.